The smallest absolute Gasteiger partial charge is 0.339 e. The molecular weight excluding hydrogens is 591 g/mol. The first-order chi connectivity index (χ1) is 16.1. The van der Waals surface area contributed by atoms with Gasteiger partial charge in [-0.3, -0.25) is 10.2 Å². The maximum absolute atomic E-state index is 12.8. The number of ether oxygens (including phenoxy) is 1. The number of amidine groups is 2. The van der Waals surface area contributed by atoms with Gasteiger partial charge in [0.25, 0.3) is 5.91 Å². The normalized spacial score (nSPS) is 16.9. The zero-order valence-corrected chi connectivity index (χ0v) is 22.1. The van der Waals surface area contributed by atoms with Crippen molar-refractivity contribution in [3.8, 4) is 11.5 Å². The Balaban J connectivity index is 1.68. The monoisotopic (exact) mass is 610 g/mol. The molecule has 12 heteroatoms. The van der Waals surface area contributed by atoms with Crippen molar-refractivity contribution in [1.82, 2.24) is 5.01 Å². The minimum Gasteiger partial charge on any atom is -0.493 e. The number of methoxy groups -OCH3 is 1. The van der Waals surface area contributed by atoms with E-state index in [1.54, 1.807) is 18.2 Å². The number of aryl methyl sites for hydroxylation is 1. The number of hydrogen-bond donors (Lipinski definition) is 1. The van der Waals surface area contributed by atoms with Crippen LogP contribution < -0.4 is 8.92 Å². The van der Waals surface area contributed by atoms with Crippen LogP contribution in [0.2, 0.25) is 0 Å². The fraction of sp³-hybridized carbons (Fsp3) is 0.182. The van der Waals surface area contributed by atoms with E-state index in [0.717, 1.165) is 10.6 Å². The molecule has 2 aliphatic rings. The number of hydrogen-bond acceptors (Lipinski definition) is 8. The molecule has 0 spiro atoms. The number of hydrazone groups is 1. The van der Waals surface area contributed by atoms with Gasteiger partial charge in [-0.25, -0.2) is 0 Å². The van der Waals surface area contributed by atoms with E-state index in [9.17, 15) is 13.2 Å². The first kappa shape index (κ1) is 24.4. The molecule has 2 heterocycles. The summed E-state index contributed by atoms with van der Waals surface area (Å²) in [7, 11) is -2.70. The van der Waals surface area contributed by atoms with Crippen LogP contribution in [0.15, 0.2) is 57.0 Å². The van der Waals surface area contributed by atoms with Crippen molar-refractivity contribution in [1.29, 1.82) is 5.41 Å². The number of carbonyl (C=O) groups is 1. The van der Waals surface area contributed by atoms with Gasteiger partial charge in [-0.1, -0.05) is 24.6 Å². The van der Waals surface area contributed by atoms with Crippen LogP contribution in [0.25, 0.3) is 6.08 Å². The minimum absolute atomic E-state index is 0.0209. The third kappa shape index (κ3) is 4.74. The molecule has 2 aromatic carbocycles. The van der Waals surface area contributed by atoms with Crippen LogP contribution in [-0.2, 0) is 14.9 Å². The second-order valence-corrected chi connectivity index (χ2v) is 11.0. The highest BCUT2D eigenvalue weighted by atomic mass is 127. The van der Waals surface area contributed by atoms with E-state index in [1.807, 2.05) is 36.4 Å². The average molecular weight is 610 g/mol. The summed E-state index contributed by atoms with van der Waals surface area (Å²) in [5.74, 6) is -0.435. The lowest BCUT2D eigenvalue weighted by molar-refractivity contribution is -0.114. The number of carbonyl (C=O) groups excluding carboxylic acids is 1. The van der Waals surface area contributed by atoms with Crippen LogP contribution >= 0.6 is 34.4 Å². The van der Waals surface area contributed by atoms with E-state index in [0.29, 0.717) is 20.7 Å². The molecule has 2 aliphatic heterocycles. The van der Waals surface area contributed by atoms with Crippen molar-refractivity contribution >= 4 is 72.5 Å². The molecule has 4 rings (SSSR count). The first-order valence-electron chi connectivity index (χ1n) is 10.0. The Morgan fingerprint density at radius 2 is 1.94 bits per heavy atom. The molecule has 0 aliphatic carbocycles. The van der Waals surface area contributed by atoms with Crippen LogP contribution in [0.5, 0.6) is 11.5 Å². The number of amides is 1. The van der Waals surface area contributed by atoms with Gasteiger partial charge in [0.15, 0.2) is 17.3 Å². The number of rotatable bonds is 6. The third-order valence-corrected chi connectivity index (χ3v) is 7.95. The number of thioether (sulfide) groups is 1. The van der Waals surface area contributed by atoms with Crippen molar-refractivity contribution in [3.05, 3.63) is 56.7 Å². The summed E-state index contributed by atoms with van der Waals surface area (Å²) >= 11 is 3.20. The van der Waals surface area contributed by atoms with Gasteiger partial charge in [0.1, 0.15) is 9.94 Å². The lowest BCUT2D eigenvalue weighted by Gasteiger charge is -2.20. The number of aliphatic imine (C=N–C) groups is 1. The second kappa shape index (κ2) is 9.50. The minimum atomic E-state index is -4.09. The molecule has 0 unspecified atom stereocenters. The lowest BCUT2D eigenvalue weighted by atomic mass is 10.1. The van der Waals surface area contributed by atoms with E-state index in [4.69, 9.17) is 14.3 Å². The van der Waals surface area contributed by atoms with E-state index < -0.39 is 16.0 Å². The van der Waals surface area contributed by atoms with Crippen molar-refractivity contribution < 1.29 is 22.1 Å². The molecule has 176 valence electrons. The Hall–Kier alpha value is -2.71. The fourth-order valence-electron chi connectivity index (χ4n) is 3.11. The summed E-state index contributed by atoms with van der Waals surface area (Å²) in [5, 5.41) is 15.2. The maximum atomic E-state index is 12.8. The van der Waals surface area contributed by atoms with Gasteiger partial charge in [-0.15, -0.1) is 0 Å². The van der Waals surface area contributed by atoms with Crippen LogP contribution in [0, 0.1) is 15.9 Å². The summed E-state index contributed by atoms with van der Waals surface area (Å²) in [4.78, 5) is 16.7. The number of nitrogens with one attached hydrogen (secondary N) is 1. The van der Waals surface area contributed by atoms with Gasteiger partial charge in [-0.2, -0.15) is 23.5 Å². The highest BCUT2D eigenvalue weighted by molar-refractivity contribution is 14.1. The third-order valence-electron chi connectivity index (χ3n) is 4.86. The number of benzene rings is 2. The van der Waals surface area contributed by atoms with Crippen LogP contribution in [-0.4, -0.2) is 42.5 Å². The SMILES string of the molecule is CCC1=NN2C(=N)/C(=C/c3cc(I)c(OS(=O)(=O)c4ccc(C)cc4)c(OC)c3)C(=O)N=C2S1. The van der Waals surface area contributed by atoms with Gasteiger partial charge >= 0.3 is 10.1 Å². The van der Waals surface area contributed by atoms with Gasteiger partial charge in [-0.05, 0) is 83.6 Å². The average Bonchev–Trinajstić information content (AvgIpc) is 3.21. The molecule has 0 saturated carbocycles. The highest BCUT2D eigenvalue weighted by Gasteiger charge is 2.35. The van der Waals surface area contributed by atoms with Crippen molar-refractivity contribution in [2.75, 3.05) is 7.11 Å². The lowest BCUT2D eigenvalue weighted by Crippen LogP contribution is -2.35. The number of halogens is 1. The van der Waals surface area contributed by atoms with E-state index in [-0.39, 0.29) is 27.8 Å². The quantitative estimate of drug-likeness (QED) is 0.292. The summed E-state index contributed by atoms with van der Waals surface area (Å²) in [6, 6.07) is 9.49. The number of fused-ring (bicyclic) bond motifs is 1. The number of nitrogens with zero attached hydrogens (tertiary/aromatic N) is 3. The Morgan fingerprint density at radius 3 is 2.59 bits per heavy atom. The Kier molecular flexibility index (Phi) is 6.82. The zero-order valence-electron chi connectivity index (χ0n) is 18.3. The van der Waals surface area contributed by atoms with Crippen molar-refractivity contribution in [2.24, 2.45) is 10.1 Å². The molecule has 0 bridgehead atoms. The molecule has 0 saturated heterocycles. The molecule has 1 N–H and O–H groups in total. The van der Waals surface area contributed by atoms with Crippen LogP contribution in [0.3, 0.4) is 0 Å². The standard InChI is InChI=1S/C22H19IN4O5S2/c1-4-18-26-27-20(24)15(21(28)25-22(27)33-18)9-13-10-16(23)19(17(11-13)31-3)32-34(29,30)14-7-5-12(2)6-8-14/h5-11,24H,4H2,1-3H3/b15-9-,24-20?. The molecule has 2 aromatic rings. The first-order valence-corrected chi connectivity index (χ1v) is 13.3. The van der Waals surface area contributed by atoms with E-state index in [1.165, 1.54) is 48.2 Å². The molecule has 0 fully saturated rings. The van der Waals surface area contributed by atoms with Gasteiger partial charge < -0.3 is 8.92 Å². The topological polar surface area (TPSA) is 121 Å². The Morgan fingerprint density at radius 1 is 1.24 bits per heavy atom. The molecule has 9 nitrogen and oxygen atoms in total. The summed E-state index contributed by atoms with van der Waals surface area (Å²) in [6.45, 7) is 3.79. The molecule has 34 heavy (non-hydrogen) atoms. The summed E-state index contributed by atoms with van der Waals surface area (Å²) < 4.78 is 36.8. The predicted octanol–water partition coefficient (Wildman–Crippen LogP) is 4.41. The molecular formula is C22H19IN4O5S2. The van der Waals surface area contributed by atoms with E-state index in [2.05, 4.69) is 10.1 Å². The van der Waals surface area contributed by atoms with Gasteiger partial charge in [0.2, 0.25) is 5.17 Å². The van der Waals surface area contributed by atoms with Crippen molar-refractivity contribution in [2.45, 2.75) is 25.2 Å². The van der Waals surface area contributed by atoms with Crippen LogP contribution in [0.4, 0.5) is 0 Å². The van der Waals surface area contributed by atoms with Crippen LogP contribution in [0.1, 0.15) is 24.5 Å². The van der Waals surface area contributed by atoms with E-state index >= 15 is 0 Å². The predicted molar refractivity (Wildman–Crippen MR) is 140 cm³/mol. The largest absolute Gasteiger partial charge is 0.493 e. The van der Waals surface area contributed by atoms with Crippen molar-refractivity contribution in [3.63, 3.8) is 0 Å². The fourth-order valence-corrected chi connectivity index (χ4v) is 5.77. The maximum Gasteiger partial charge on any atom is 0.339 e. The Bertz CT molecular complexity index is 1400. The highest BCUT2D eigenvalue weighted by Crippen LogP contribution is 2.37. The molecule has 0 atom stereocenters. The zero-order chi connectivity index (χ0) is 24.6. The van der Waals surface area contributed by atoms with Gasteiger partial charge in [0.05, 0.1) is 16.3 Å². The second-order valence-electron chi connectivity index (χ2n) is 7.25. The van der Waals surface area contributed by atoms with Gasteiger partial charge in [0, 0.05) is 0 Å². The summed E-state index contributed by atoms with van der Waals surface area (Å²) in [5.41, 5.74) is 1.50. The molecule has 0 aromatic heterocycles. The molecule has 0 radical (unpaired) electrons. The summed E-state index contributed by atoms with van der Waals surface area (Å²) in [6.07, 6.45) is 2.17. The Labute approximate surface area is 214 Å². The molecule has 1 amide bonds.